The highest BCUT2D eigenvalue weighted by atomic mass is 35.5. The highest BCUT2D eigenvalue weighted by molar-refractivity contribution is 6.31. The van der Waals surface area contributed by atoms with Crippen LogP contribution in [0, 0.1) is 17.2 Å². The van der Waals surface area contributed by atoms with Gasteiger partial charge in [0.2, 0.25) is 0 Å². The predicted molar refractivity (Wildman–Crippen MR) is 71.7 cm³/mol. The summed E-state index contributed by atoms with van der Waals surface area (Å²) in [5, 5.41) is 3.85. The lowest BCUT2D eigenvalue weighted by Gasteiger charge is -2.27. The van der Waals surface area contributed by atoms with Crippen LogP contribution in [0.5, 0.6) is 0 Å². The standard InChI is InChI=1S/C14H21ClFN/c1-10(14(2,3)4)8-17-9-11-5-6-12(16)7-13(11)15/h5-7,10,17H,8-9H2,1-4H3. The average molecular weight is 258 g/mol. The number of nitrogens with one attached hydrogen (secondary N) is 1. The summed E-state index contributed by atoms with van der Waals surface area (Å²) in [5.41, 5.74) is 1.23. The molecule has 0 spiro atoms. The Balaban J connectivity index is 2.46. The van der Waals surface area contributed by atoms with Crippen molar-refractivity contribution >= 4 is 11.6 Å². The zero-order valence-electron chi connectivity index (χ0n) is 11.0. The molecule has 0 bridgehead atoms. The van der Waals surface area contributed by atoms with Crippen LogP contribution in [0.15, 0.2) is 18.2 Å². The van der Waals surface area contributed by atoms with E-state index in [4.69, 9.17) is 11.6 Å². The number of hydrogen-bond donors (Lipinski definition) is 1. The molecule has 1 nitrogen and oxygen atoms in total. The molecule has 1 aromatic rings. The van der Waals surface area contributed by atoms with Crippen molar-refractivity contribution < 1.29 is 4.39 Å². The molecule has 1 atom stereocenters. The molecule has 0 fully saturated rings. The average Bonchev–Trinajstić information content (AvgIpc) is 2.19. The van der Waals surface area contributed by atoms with Gasteiger partial charge >= 0.3 is 0 Å². The summed E-state index contributed by atoms with van der Waals surface area (Å²) in [7, 11) is 0. The van der Waals surface area contributed by atoms with Crippen LogP contribution in [-0.4, -0.2) is 6.54 Å². The van der Waals surface area contributed by atoms with Crippen LogP contribution in [0.4, 0.5) is 4.39 Å². The maximum Gasteiger partial charge on any atom is 0.124 e. The smallest absolute Gasteiger partial charge is 0.124 e. The minimum atomic E-state index is -0.290. The first-order valence-corrected chi connectivity index (χ1v) is 6.33. The van der Waals surface area contributed by atoms with Gasteiger partial charge in [0, 0.05) is 11.6 Å². The molecule has 0 aliphatic heterocycles. The van der Waals surface area contributed by atoms with E-state index in [9.17, 15) is 4.39 Å². The highest BCUT2D eigenvalue weighted by Crippen LogP contribution is 2.24. The third kappa shape index (κ3) is 4.64. The van der Waals surface area contributed by atoms with Crippen molar-refractivity contribution in [2.75, 3.05) is 6.54 Å². The topological polar surface area (TPSA) is 12.0 Å². The van der Waals surface area contributed by atoms with Gasteiger partial charge in [-0.2, -0.15) is 0 Å². The summed E-state index contributed by atoms with van der Waals surface area (Å²) in [4.78, 5) is 0. The Kier molecular flexibility index (Phi) is 4.96. The lowest BCUT2D eigenvalue weighted by atomic mass is 9.82. The Morgan fingerprint density at radius 1 is 1.35 bits per heavy atom. The quantitative estimate of drug-likeness (QED) is 0.850. The van der Waals surface area contributed by atoms with E-state index in [1.807, 2.05) is 0 Å². The maximum atomic E-state index is 12.8. The van der Waals surface area contributed by atoms with Gasteiger partial charge in [0.15, 0.2) is 0 Å². The Morgan fingerprint density at radius 2 is 2.00 bits per heavy atom. The van der Waals surface area contributed by atoms with Gasteiger partial charge in [-0.1, -0.05) is 45.4 Å². The van der Waals surface area contributed by atoms with E-state index in [1.54, 1.807) is 6.07 Å². The zero-order chi connectivity index (χ0) is 13.1. The third-order valence-corrected chi connectivity index (χ3v) is 3.61. The summed E-state index contributed by atoms with van der Waals surface area (Å²) in [6.45, 7) is 10.5. The minimum absolute atomic E-state index is 0.290. The van der Waals surface area contributed by atoms with E-state index in [-0.39, 0.29) is 5.82 Å². The first kappa shape index (κ1) is 14.5. The first-order chi connectivity index (χ1) is 7.80. The second-order valence-electron chi connectivity index (χ2n) is 5.63. The van der Waals surface area contributed by atoms with E-state index >= 15 is 0 Å². The Labute approximate surface area is 108 Å². The Hall–Kier alpha value is -0.600. The fourth-order valence-electron chi connectivity index (χ4n) is 1.39. The van der Waals surface area contributed by atoms with Gasteiger partial charge in [-0.25, -0.2) is 4.39 Å². The van der Waals surface area contributed by atoms with Crippen molar-refractivity contribution in [2.24, 2.45) is 11.3 Å². The predicted octanol–water partition coefficient (Wildman–Crippen LogP) is 4.25. The van der Waals surface area contributed by atoms with Crippen molar-refractivity contribution in [2.45, 2.75) is 34.2 Å². The fourth-order valence-corrected chi connectivity index (χ4v) is 1.63. The van der Waals surface area contributed by atoms with Crippen molar-refractivity contribution in [3.05, 3.63) is 34.6 Å². The van der Waals surface area contributed by atoms with E-state index in [2.05, 4.69) is 33.0 Å². The van der Waals surface area contributed by atoms with Gasteiger partial charge in [-0.15, -0.1) is 0 Å². The molecule has 0 saturated heterocycles. The van der Waals surface area contributed by atoms with E-state index < -0.39 is 0 Å². The van der Waals surface area contributed by atoms with Crippen molar-refractivity contribution in [1.82, 2.24) is 5.32 Å². The summed E-state index contributed by atoms with van der Waals surface area (Å²) in [6, 6.07) is 4.52. The molecule has 0 heterocycles. The zero-order valence-corrected chi connectivity index (χ0v) is 11.7. The van der Waals surface area contributed by atoms with Crippen LogP contribution in [0.25, 0.3) is 0 Å². The molecular weight excluding hydrogens is 237 g/mol. The van der Waals surface area contributed by atoms with E-state index in [0.29, 0.717) is 22.9 Å². The molecule has 1 N–H and O–H groups in total. The van der Waals surface area contributed by atoms with Gasteiger partial charge in [-0.05, 0) is 35.6 Å². The molecule has 96 valence electrons. The number of hydrogen-bond acceptors (Lipinski definition) is 1. The molecule has 1 aromatic carbocycles. The largest absolute Gasteiger partial charge is 0.312 e. The second-order valence-corrected chi connectivity index (χ2v) is 6.04. The van der Waals surface area contributed by atoms with Crippen molar-refractivity contribution in [1.29, 1.82) is 0 Å². The van der Waals surface area contributed by atoms with Gasteiger partial charge in [0.1, 0.15) is 5.82 Å². The van der Waals surface area contributed by atoms with Gasteiger partial charge < -0.3 is 5.32 Å². The van der Waals surface area contributed by atoms with Gasteiger partial charge in [0.05, 0.1) is 0 Å². The maximum absolute atomic E-state index is 12.8. The molecule has 17 heavy (non-hydrogen) atoms. The van der Waals surface area contributed by atoms with Crippen LogP contribution in [0.3, 0.4) is 0 Å². The number of benzene rings is 1. The first-order valence-electron chi connectivity index (χ1n) is 5.95. The van der Waals surface area contributed by atoms with Gasteiger partial charge in [0.25, 0.3) is 0 Å². The lowest BCUT2D eigenvalue weighted by molar-refractivity contribution is 0.252. The highest BCUT2D eigenvalue weighted by Gasteiger charge is 2.19. The second kappa shape index (κ2) is 5.83. The van der Waals surface area contributed by atoms with Crippen molar-refractivity contribution in [3.63, 3.8) is 0 Å². The molecule has 0 aromatic heterocycles. The van der Waals surface area contributed by atoms with Crippen LogP contribution in [0.1, 0.15) is 33.3 Å². The normalized spacial score (nSPS) is 13.8. The molecule has 1 rings (SSSR count). The van der Waals surface area contributed by atoms with Crippen LogP contribution >= 0.6 is 11.6 Å². The number of rotatable bonds is 4. The molecule has 3 heteroatoms. The molecule has 0 amide bonds. The number of halogens is 2. The molecular formula is C14H21ClFN. The minimum Gasteiger partial charge on any atom is -0.312 e. The summed E-state index contributed by atoms with van der Waals surface area (Å²) < 4.78 is 12.8. The summed E-state index contributed by atoms with van der Waals surface area (Å²) in [6.07, 6.45) is 0. The van der Waals surface area contributed by atoms with Crippen molar-refractivity contribution in [3.8, 4) is 0 Å². The van der Waals surface area contributed by atoms with Crippen LogP contribution in [-0.2, 0) is 6.54 Å². The molecule has 0 radical (unpaired) electrons. The fraction of sp³-hybridized carbons (Fsp3) is 0.571. The Morgan fingerprint density at radius 3 is 2.53 bits per heavy atom. The Bertz CT molecular complexity index is 371. The molecule has 1 unspecified atom stereocenters. The van der Waals surface area contributed by atoms with Crippen LogP contribution in [0.2, 0.25) is 5.02 Å². The summed E-state index contributed by atoms with van der Waals surface area (Å²) in [5.74, 6) is 0.281. The lowest BCUT2D eigenvalue weighted by Crippen LogP contribution is -2.29. The van der Waals surface area contributed by atoms with Crippen LogP contribution < -0.4 is 5.32 Å². The third-order valence-electron chi connectivity index (χ3n) is 3.26. The molecule has 0 aliphatic rings. The van der Waals surface area contributed by atoms with E-state index in [0.717, 1.165) is 12.1 Å². The molecule has 0 aliphatic carbocycles. The van der Waals surface area contributed by atoms with Gasteiger partial charge in [-0.3, -0.25) is 0 Å². The van der Waals surface area contributed by atoms with E-state index in [1.165, 1.54) is 12.1 Å². The summed E-state index contributed by atoms with van der Waals surface area (Å²) >= 11 is 5.95. The monoisotopic (exact) mass is 257 g/mol. The molecule has 0 saturated carbocycles. The SMILES string of the molecule is CC(CNCc1ccc(F)cc1Cl)C(C)(C)C.